The number of sulfonamides is 1. The molecule has 0 bridgehead atoms. The number of nitrogens with two attached hydrogens (primary N) is 1. The molecule has 53 heavy (non-hydrogen) atoms. The lowest BCUT2D eigenvalue weighted by atomic mass is 9.98. The average molecular weight is 727 g/mol. The molecule has 3 N–H and O–H groups in total. The molecule has 0 aliphatic carbocycles. The van der Waals surface area contributed by atoms with Crippen molar-refractivity contribution < 1.29 is 22.8 Å². The molecule has 0 spiro atoms. The van der Waals surface area contributed by atoms with Gasteiger partial charge in [-0.25, -0.2) is 12.7 Å². The number of primary amides is 1. The number of likely N-dealkylation sites (N-methyl/N-ethyl adjacent to an activating group) is 1. The lowest BCUT2D eigenvalue weighted by molar-refractivity contribution is -0.137. The van der Waals surface area contributed by atoms with Crippen LogP contribution in [0.1, 0.15) is 38.2 Å². The van der Waals surface area contributed by atoms with Gasteiger partial charge in [-0.05, 0) is 59.9 Å². The molecule has 1 heterocycles. The van der Waals surface area contributed by atoms with Crippen LogP contribution in [0, 0.1) is 13.8 Å². The molecule has 0 aliphatic rings. The van der Waals surface area contributed by atoms with Crippen LogP contribution in [-0.2, 0) is 38.2 Å². The predicted molar refractivity (Wildman–Crippen MR) is 208 cm³/mol. The van der Waals surface area contributed by atoms with Crippen molar-refractivity contribution in [3.05, 3.63) is 167 Å². The van der Waals surface area contributed by atoms with E-state index in [2.05, 4.69) is 4.98 Å². The van der Waals surface area contributed by atoms with Crippen LogP contribution in [0.3, 0.4) is 0 Å². The monoisotopic (exact) mass is 726 g/mol. The number of aryl methyl sites for hydroxylation is 2. The van der Waals surface area contributed by atoms with Gasteiger partial charge in [0.2, 0.25) is 15.9 Å². The van der Waals surface area contributed by atoms with Gasteiger partial charge in [0, 0.05) is 42.6 Å². The van der Waals surface area contributed by atoms with Crippen LogP contribution < -0.4 is 5.73 Å². The van der Waals surface area contributed by atoms with Gasteiger partial charge in [-0.2, -0.15) is 0 Å². The summed E-state index contributed by atoms with van der Waals surface area (Å²) in [6.07, 6.45) is 1.48. The molecule has 0 radical (unpaired) electrons. The molecule has 0 aliphatic heterocycles. The number of hydrogen-bond acceptors (Lipinski definition) is 5. The van der Waals surface area contributed by atoms with E-state index in [4.69, 9.17) is 5.73 Å². The Balaban J connectivity index is 1.45. The Morgan fingerprint density at radius 2 is 1.28 bits per heavy atom. The number of hydrogen-bond donors (Lipinski definition) is 2. The Morgan fingerprint density at radius 3 is 1.92 bits per heavy atom. The van der Waals surface area contributed by atoms with E-state index in [-0.39, 0.29) is 12.8 Å². The number of para-hydroxylation sites is 1. The fraction of sp³-hybridized carbons (Fsp3) is 0.186. The van der Waals surface area contributed by atoms with E-state index in [0.717, 1.165) is 33.2 Å². The molecule has 0 saturated heterocycles. The maximum atomic E-state index is 15.2. The lowest BCUT2D eigenvalue weighted by Crippen LogP contribution is -2.58. The summed E-state index contributed by atoms with van der Waals surface area (Å²) in [6, 6.07) is 35.7. The summed E-state index contributed by atoms with van der Waals surface area (Å²) < 4.78 is 29.8. The number of H-pyrrole nitrogens is 1. The van der Waals surface area contributed by atoms with Crippen molar-refractivity contribution in [2.45, 2.75) is 44.5 Å². The van der Waals surface area contributed by atoms with Crippen molar-refractivity contribution in [2.75, 3.05) is 7.05 Å². The largest absolute Gasteiger partial charge is 0.368 e. The molecule has 9 nitrogen and oxygen atoms in total. The second-order valence-corrected chi connectivity index (χ2v) is 15.3. The first-order valence-electron chi connectivity index (χ1n) is 17.4. The molecular weight excluding hydrogens is 685 g/mol. The van der Waals surface area contributed by atoms with Crippen LogP contribution in [-0.4, -0.2) is 59.5 Å². The van der Waals surface area contributed by atoms with Crippen LogP contribution in [0.4, 0.5) is 0 Å². The van der Waals surface area contributed by atoms with E-state index in [9.17, 15) is 18.0 Å². The third-order valence-corrected chi connectivity index (χ3v) is 11.2. The highest BCUT2D eigenvalue weighted by Gasteiger charge is 2.43. The van der Waals surface area contributed by atoms with Crippen molar-refractivity contribution in [3.63, 3.8) is 0 Å². The van der Waals surface area contributed by atoms with Crippen molar-refractivity contribution >= 4 is 38.6 Å². The quantitative estimate of drug-likeness (QED) is 0.139. The number of nitrogens with zero attached hydrogens (tertiary/aromatic N) is 2. The minimum atomic E-state index is -4.56. The zero-order chi connectivity index (χ0) is 37.7. The Labute approximate surface area is 310 Å². The van der Waals surface area contributed by atoms with Gasteiger partial charge in [0.15, 0.2) is 0 Å². The standard InChI is InChI=1S/C43H42N4O5S/c1-29-22-30(2)24-35(23-29)42(49)46(3)40(25-31-18-20-34(21-19-31)33-14-8-5-9-15-33)43(50)47(53(51,52)28-32-12-6-4-7-13-32)39(41(44)48)26-36-27-45-38-17-11-10-16-37(36)38/h4-24,27,39-40,45H,25-26,28H2,1-3H3,(H2,44,48)/t39-,40-/m0/s1. The van der Waals surface area contributed by atoms with E-state index in [1.807, 2.05) is 98.8 Å². The number of carbonyl (C=O) groups is 3. The molecular formula is C43H42N4O5S. The Kier molecular flexibility index (Phi) is 10.9. The number of amides is 3. The molecule has 6 aromatic rings. The minimum Gasteiger partial charge on any atom is -0.368 e. The van der Waals surface area contributed by atoms with Crippen LogP contribution in [0.25, 0.3) is 22.0 Å². The second kappa shape index (κ2) is 15.7. The summed E-state index contributed by atoms with van der Waals surface area (Å²) in [4.78, 5) is 47.2. The average Bonchev–Trinajstić information content (AvgIpc) is 3.56. The minimum absolute atomic E-state index is 0.0309. The van der Waals surface area contributed by atoms with Gasteiger partial charge in [-0.3, -0.25) is 14.4 Å². The number of aromatic nitrogens is 1. The van der Waals surface area contributed by atoms with Crippen molar-refractivity contribution in [3.8, 4) is 11.1 Å². The number of aromatic amines is 1. The fourth-order valence-corrected chi connectivity index (χ4v) is 8.53. The fourth-order valence-electron chi connectivity index (χ4n) is 6.81. The Hall–Kier alpha value is -6.00. The molecule has 0 saturated carbocycles. The summed E-state index contributed by atoms with van der Waals surface area (Å²) in [5.41, 5.74) is 12.6. The van der Waals surface area contributed by atoms with Crippen LogP contribution in [0.2, 0.25) is 0 Å². The summed E-state index contributed by atoms with van der Waals surface area (Å²) in [5, 5.41) is 0.767. The van der Waals surface area contributed by atoms with Gasteiger partial charge in [0.1, 0.15) is 12.1 Å². The van der Waals surface area contributed by atoms with E-state index in [1.54, 1.807) is 48.7 Å². The molecule has 270 valence electrons. The summed E-state index contributed by atoms with van der Waals surface area (Å²) in [6.45, 7) is 3.75. The molecule has 10 heteroatoms. The van der Waals surface area contributed by atoms with E-state index < -0.39 is 45.6 Å². The van der Waals surface area contributed by atoms with Gasteiger partial charge in [0.25, 0.3) is 11.8 Å². The molecule has 5 aromatic carbocycles. The molecule has 0 unspecified atom stereocenters. The number of nitrogens with one attached hydrogen (secondary N) is 1. The van der Waals surface area contributed by atoms with Crippen LogP contribution in [0.15, 0.2) is 134 Å². The van der Waals surface area contributed by atoms with Crippen LogP contribution in [0.5, 0.6) is 0 Å². The van der Waals surface area contributed by atoms with Gasteiger partial charge in [-0.15, -0.1) is 0 Å². The van der Waals surface area contributed by atoms with Crippen molar-refractivity contribution in [1.29, 1.82) is 0 Å². The summed E-state index contributed by atoms with van der Waals surface area (Å²) in [5.74, 6) is -2.96. The summed E-state index contributed by atoms with van der Waals surface area (Å²) >= 11 is 0. The van der Waals surface area contributed by atoms with Crippen molar-refractivity contribution in [2.24, 2.45) is 5.73 Å². The second-order valence-electron chi connectivity index (χ2n) is 13.4. The number of fused-ring (bicyclic) bond motifs is 1. The maximum Gasteiger partial charge on any atom is 0.259 e. The molecule has 2 atom stereocenters. The Bertz CT molecular complexity index is 2340. The van der Waals surface area contributed by atoms with Crippen LogP contribution >= 0.6 is 0 Å². The Morgan fingerprint density at radius 1 is 0.698 bits per heavy atom. The summed E-state index contributed by atoms with van der Waals surface area (Å²) in [7, 11) is -3.07. The maximum absolute atomic E-state index is 15.2. The molecule has 0 fully saturated rings. The normalized spacial score (nSPS) is 12.6. The predicted octanol–water partition coefficient (Wildman–Crippen LogP) is 6.59. The van der Waals surface area contributed by atoms with E-state index >= 15 is 4.79 Å². The number of benzene rings is 5. The van der Waals surface area contributed by atoms with Crippen molar-refractivity contribution in [1.82, 2.24) is 14.2 Å². The topological polar surface area (TPSA) is 134 Å². The first-order chi connectivity index (χ1) is 25.4. The number of carbonyl (C=O) groups excluding carboxylic acids is 3. The van der Waals surface area contributed by atoms with Gasteiger partial charge in [-0.1, -0.05) is 120 Å². The molecule has 3 amide bonds. The first kappa shape index (κ1) is 36.8. The van der Waals surface area contributed by atoms with E-state index in [0.29, 0.717) is 26.6 Å². The highest BCUT2D eigenvalue weighted by atomic mass is 32.2. The third kappa shape index (κ3) is 8.39. The van der Waals surface area contributed by atoms with E-state index in [1.165, 1.54) is 11.9 Å². The third-order valence-electron chi connectivity index (χ3n) is 9.44. The smallest absolute Gasteiger partial charge is 0.259 e. The highest BCUT2D eigenvalue weighted by Crippen LogP contribution is 2.27. The molecule has 1 aromatic heterocycles. The van der Waals surface area contributed by atoms with Gasteiger partial charge < -0.3 is 15.6 Å². The lowest BCUT2D eigenvalue weighted by Gasteiger charge is -2.35. The SMILES string of the molecule is Cc1cc(C)cc(C(=O)N(C)[C@@H](Cc2ccc(-c3ccccc3)cc2)C(=O)N([C@@H](Cc2c[nH]c3ccccc23)C(N)=O)S(=O)(=O)Cc2ccccc2)c1. The van der Waals surface area contributed by atoms with Gasteiger partial charge in [0.05, 0.1) is 5.75 Å². The van der Waals surface area contributed by atoms with Gasteiger partial charge >= 0.3 is 0 Å². The highest BCUT2D eigenvalue weighted by molar-refractivity contribution is 7.88. The first-order valence-corrected chi connectivity index (χ1v) is 19.0. The molecule has 6 rings (SSSR count). The number of rotatable bonds is 13. The zero-order valence-corrected chi connectivity index (χ0v) is 30.7. The zero-order valence-electron chi connectivity index (χ0n) is 29.9.